The van der Waals surface area contributed by atoms with E-state index in [0.717, 1.165) is 5.76 Å². The van der Waals surface area contributed by atoms with E-state index in [2.05, 4.69) is 26.1 Å². The van der Waals surface area contributed by atoms with Crippen LogP contribution in [0.3, 0.4) is 0 Å². The van der Waals surface area contributed by atoms with Crippen LogP contribution in [0.15, 0.2) is 30.9 Å². The van der Waals surface area contributed by atoms with Crippen molar-refractivity contribution in [1.29, 1.82) is 0 Å². The summed E-state index contributed by atoms with van der Waals surface area (Å²) < 4.78 is 11.3. The van der Waals surface area contributed by atoms with Crippen LogP contribution in [0.4, 0.5) is 0 Å². The van der Waals surface area contributed by atoms with Gasteiger partial charge in [0.1, 0.15) is 5.76 Å². The summed E-state index contributed by atoms with van der Waals surface area (Å²) in [5.74, 6) is 1.94. The topological polar surface area (TPSA) is 78.1 Å². The van der Waals surface area contributed by atoms with Crippen molar-refractivity contribution in [3.63, 3.8) is 0 Å². The third kappa shape index (κ3) is 2.83. The summed E-state index contributed by atoms with van der Waals surface area (Å²) >= 11 is 4.64. The van der Waals surface area contributed by atoms with E-state index in [1.807, 2.05) is 12.1 Å². The van der Waals surface area contributed by atoms with Crippen LogP contribution in [0, 0.1) is 0 Å². The standard InChI is InChI=1S/C8H8BrN3O2S/c9-6-2-1-5(13-6)4-15-8-12-11-7(3-10)14-8/h1-2H,3-4,10H2. The molecule has 2 heterocycles. The van der Waals surface area contributed by atoms with E-state index in [9.17, 15) is 0 Å². The molecular weight excluding hydrogens is 282 g/mol. The summed E-state index contributed by atoms with van der Waals surface area (Å²) in [7, 11) is 0. The fourth-order valence-electron chi connectivity index (χ4n) is 0.941. The van der Waals surface area contributed by atoms with Gasteiger partial charge in [0.2, 0.25) is 5.89 Å². The molecule has 0 radical (unpaired) electrons. The Balaban J connectivity index is 1.93. The fourth-order valence-corrected chi connectivity index (χ4v) is 1.96. The van der Waals surface area contributed by atoms with Crippen molar-refractivity contribution in [2.75, 3.05) is 0 Å². The van der Waals surface area contributed by atoms with E-state index >= 15 is 0 Å². The Labute approximate surface area is 98.5 Å². The largest absolute Gasteiger partial charge is 0.453 e. The third-order valence-corrected chi connectivity index (χ3v) is 2.86. The molecule has 0 aromatic carbocycles. The van der Waals surface area contributed by atoms with Crippen molar-refractivity contribution < 1.29 is 8.83 Å². The van der Waals surface area contributed by atoms with Crippen molar-refractivity contribution in [2.45, 2.75) is 17.5 Å². The lowest BCUT2D eigenvalue weighted by molar-refractivity contribution is 0.414. The van der Waals surface area contributed by atoms with Gasteiger partial charge in [0.25, 0.3) is 5.22 Å². The summed E-state index contributed by atoms with van der Waals surface area (Å²) in [6.45, 7) is 0.264. The Bertz CT molecular complexity index is 443. The van der Waals surface area contributed by atoms with Gasteiger partial charge in [0, 0.05) is 0 Å². The average molecular weight is 290 g/mol. The predicted octanol–water partition coefficient (Wildman–Crippen LogP) is 2.18. The van der Waals surface area contributed by atoms with Gasteiger partial charge in [0.05, 0.1) is 12.3 Å². The lowest BCUT2D eigenvalue weighted by Crippen LogP contribution is -1.95. The van der Waals surface area contributed by atoms with Crippen molar-refractivity contribution >= 4 is 27.7 Å². The third-order valence-electron chi connectivity index (χ3n) is 1.59. The second-order valence-corrected chi connectivity index (χ2v) is 4.37. The van der Waals surface area contributed by atoms with Gasteiger partial charge < -0.3 is 14.6 Å². The van der Waals surface area contributed by atoms with E-state index in [4.69, 9.17) is 14.6 Å². The highest BCUT2D eigenvalue weighted by Gasteiger charge is 2.07. The maximum absolute atomic E-state index is 5.34. The fraction of sp³-hybridized carbons (Fsp3) is 0.250. The van der Waals surface area contributed by atoms with Gasteiger partial charge in [-0.1, -0.05) is 11.8 Å². The Hall–Kier alpha value is -0.790. The molecule has 7 heteroatoms. The maximum Gasteiger partial charge on any atom is 0.277 e. The first-order chi connectivity index (χ1) is 7.28. The lowest BCUT2D eigenvalue weighted by Gasteiger charge is -1.91. The van der Waals surface area contributed by atoms with Crippen molar-refractivity contribution in [2.24, 2.45) is 5.73 Å². The van der Waals surface area contributed by atoms with Gasteiger partial charge in [-0.05, 0) is 28.1 Å². The molecule has 0 aliphatic rings. The smallest absolute Gasteiger partial charge is 0.277 e. The average Bonchev–Trinajstić information content (AvgIpc) is 2.83. The summed E-state index contributed by atoms with van der Waals surface area (Å²) in [5, 5.41) is 8.07. The zero-order valence-corrected chi connectivity index (χ0v) is 10.0. The van der Waals surface area contributed by atoms with Crippen LogP contribution in [0.25, 0.3) is 0 Å². The van der Waals surface area contributed by atoms with Crippen LogP contribution < -0.4 is 5.73 Å². The van der Waals surface area contributed by atoms with E-state index in [1.165, 1.54) is 11.8 Å². The Morgan fingerprint density at radius 3 is 2.80 bits per heavy atom. The molecule has 0 fully saturated rings. The van der Waals surface area contributed by atoms with Gasteiger partial charge in [-0.2, -0.15) is 0 Å². The molecule has 80 valence electrons. The zero-order valence-electron chi connectivity index (χ0n) is 7.64. The van der Waals surface area contributed by atoms with E-state index in [1.54, 1.807) is 0 Å². The molecule has 0 amide bonds. The van der Waals surface area contributed by atoms with Crippen LogP contribution in [-0.4, -0.2) is 10.2 Å². The minimum atomic E-state index is 0.264. The number of thioether (sulfide) groups is 1. The highest BCUT2D eigenvalue weighted by Crippen LogP contribution is 2.23. The van der Waals surface area contributed by atoms with Gasteiger partial charge in [-0.25, -0.2) is 0 Å². The number of hydrogen-bond donors (Lipinski definition) is 1. The summed E-state index contributed by atoms with van der Waals surface area (Å²) in [5.41, 5.74) is 5.34. The molecule has 2 aromatic heterocycles. The first-order valence-corrected chi connectivity index (χ1v) is 5.95. The number of hydrogen-bond acceptors (Lipinski definition) is 6. The molecule has 0 bridgehead atoms. The summed E-state index contributed by atoms with van der Waals surface area (Å²) in [6.07, 6.45) is 0. The molecule has 0 spiro atoms. The maximum atomic E-state index is 5.34. The monoisotopic (exact) mass is 289 g/mol. The van der Waals surface area contributed by atoms with Crippen LogP contribution >= 0.6 is 27.7 Å². The van der Waals surface area contributed by atoms with Crippen molar-refractivity contribution in [3.05, 3.63) is 28.5 Å². The van der Waals surface area contributed by atoms with Crippen LogP contribution in [0.5, 0.6) is 0 Å². The molecule has 0 aliphatic heterocycles. The Kier molecular flexibility index (Phi) is 3.45. The van der Waals surface area contributed by atoms with Crippen molar-refractivity contribution in [3.8, 4) is 0 Å². The second-order valence-electron chi connectivity index (χ2n) is 2.66. The molecule has 15 heavy (non-hydrogen) atoms. The normalized spacial score (nSPS) is 10.8. The predicted molar refractivity (Wildman–Crippen MR) is 58.2 cm³/mol. The van der Waals surface area contributed by atoms with Crippen LogP contribution in [0.1, 0.15) is 11.7 Å². The number of halogens is 1. The van der Waals surface area contributed by atoms with E-state index < -0.39 is 0 Å². The first-order valence-electron chi connectivity index (χ1n) is 4.17. The van der Waals surface area contributed by atoms with Gasteiger partial charge in [0.15, 0.2) is 4.67 Å². The number of rotatable bonds is 4. The molecular formula is C8H8BrN3O2S. The molecule has 0 aliphatic carbocycles. The van der Waals surface area contributed by atoms with Crippen molar-refractivity contribution in [1.82, 2.24) is 10.2 Å². The Morgan fingerprint density at radius 2 is 2.20 bits per heavy atom. The number of nitrogens with zero attached hydrogens (tertiary/aromatic N) is 2. The molecule has 0 atom stereocenters. The summed E-state index contributed by atoms with van der Waals surface area (Å²) in [6, 6.07) is 3.73. The van der Waals surface area contributed by atoms with Gasteiger partial charge >= 0.3 is 0 Å². The number of nitrogens with two attached hydrogens (primary N) is 1. The minimum Gasteiger partial charge on any atom is -0.453 e. The zero-order chi connectivity index (χ0) is 10.7. The van der Waals surface area contributed by atoms with Gasteiger partial charge in [-0.15, -0.1) is 10.2 Å². The van der Waals surface area contributed by atoms with Crippen LogP contribution in [-0.2, 0) is 12.3 Å². The molecule has 2 rings (SSSR count). The lowest BCUT2D eigenvalue weighted by atomic mass is 10.5. The second kappa shape index (κ2) is 4.82. The SMILES string of the molecule is NCc1nnc(SCc2ccc(Br)o2)o1. The summed E-state index contributed by atoms with van der Waals surface area (Å²) in [4.78, 5) is 0. The molecule has 2 N–H and O–H groups in total. The highest BCUT2D eigenvalue weighted by atomic mass is 79.9. The quantitative estimate of drug-likeness (QED) is 0.869. The molecule has 5 nitrogen and oxygen atoms in total. The molecule has 0 saturated carbocycles. The van der Waals surface area contributed by atoms with Gasteiger partial charge in [-0.3, -0.25) is 0 Å². The number of furan rings is 1. The Morgan fingerprint density at radius 1 is 1.33 bits per heavy atom. The minimum absolute atomic E-state index is 0.264. The molecule has 0 unspecified atom stereocenters. The van der Waals surface area contributed by atoms with E-state index in [0.29, 0.717) is 21.5 Å². The van der Waals surface area contributed by atoms with Crippen LogP contribution in [0.2, 0.25) is 0 Å². The molecule has 2 aromatic rings. The highest BCUT2D eigenvalue weighted by molar-refractivity contribution is 9.10. The van der Waals surface area contributed by atoms with E-state index in [-0.39, 0.29) is 6.54 Å². The molecule has 0 saturated heterocycles. The number of aromatic nitrogens is 2. The first kappa shape index (κ1) is 10.7.